The molecule has 0 aliphatic carbocycles. The summed E-state index contributed by atoms with van der Waals surface area (Å²) < 4.78 is 19.7. The number of carboxylic acid groups (broad SMARTS) is 1. The summed E-state index contributed by atoms with van der Waals surface area (Å²) in [4.78, 5) is 10.9. The summed E-state index contributed by atoms with van der Waals surface area (Å²) in [6.07, 6.45) is 0. The average molecular weight is 390 g/mol. The van der Waals surface area contributed by atoms with Crippen LogP contribution in [0.15, 0.2) is 45.3 Å². The molecule has 0 atom stereocenters. The maximum Gasteiger partial charge on any atom is 0.335 e. The molecule has 0 spiro atoms. The molecule has 0 amide bonds. The Morgan fingerprint density at radius 3 is 2.47 bits per heavy atom. The minimum atomic E-state index is -1.06. The molecule has 0 unspecified atom stereocenters. The van der Waals surface area contributed by atoms with Crippen molar-refractivity contribution in [1.82, 2.24) is 0 Å². The van der Waals surface area contributed by atoms with E-state index in [1.54, 1.807) is 12.1 Å². The third-order valence-corrected chi connectivity index (χ3v) is 3.35. The lowest BCUT2D eigenvalue weighted by atomic mass is 10.2. The Hall–Kier alpha value is -1.40. The van der Waals surface area contributed by atoms with E-state index < -0.39 is 11.8 Å². The first kappa shape index (κ1) is 14.0. The van der Waals surface area contributed by atoms with Gasteiger partial charge in [-0.2, -0.15) is 0 Å². The van der Waals surface area contributed by atoms with Crippen LogP contribution in [0.1, 0.15) is 10.4 Å². The lowest BCUT2D eigenvalue weighted by Crippen LogP contribution is -1.97. The van der Waals surface area contributed by atoms with Crippen molar-refractivity contribution in [2.75, 3.05) is 0 Å². The van der Waals surface area contributed by atoms with Gasteiger partial charge in [0, 0.05) is 10.5 Å². The van der Waals surface area contributed by atoms with E-state index in [4.69, 9.17) is 9.84 Å². The Morgan fingerprint density at radius 1 is 1.11 bits per heavy atom. The molecular weight excluding hydrogens is 383 g/mol. The number of hydrogen-bond acceptors (Lipinski definition) is 2. The van der Waals surface area contributed by atoms with Crippen molar-refractivity contribution >= 4 is 37.8 Å². The third kappa shape index (κ3) is 3.54. The Morgan fingerprint density at radius 2 is 1.84 bits per heavy atom. The van der Waals surface area contributed by atoms with Crippen LogP contribution in [0.4, 0.5) is 4.39 Å². The number of hydrogen-bond donors (Lipinski definition) is 1. The van der Waals surface area contributed by atoms with E-state index in [0.717, 1.165) is 0 Å². The number of ether oxygens (including phenoxy) is 1. The van der Waals surface area contributed by atoms with Gasteiger partial charge in [0.05, 0.1) is 10.0 Å². The van der Waals surface area contributed by atoms with Crippen molar-refractivity contribution in [2.24, 2.45) is 0 Å². The van der Waals surface area contributed by atoms with E-state index in [-0.39, 0.29) is 11.3 Å². The van der Waals surface area contributed by atoms with Crippen LogP contribution in [-0.2, 0) is 0 Å². The number of carbonyl (C=O) groups is 1. The normalized spacial score (nSPS) is 10.3. The summed E-state index contributed by atoms with van der Waals surface area (Å²) in [7, 11) is 0. The molecule has 0 aliphatic rings. The van der Waals surface area contributed by atoms with Crippen molar-refractivity contribution in [3.8, 4) is 11.5 Å². The van der Waals surface area contributed by atoms with Crippen LogP contribution >= 0.6 is 31.9 Å². The highest BCUT2D eigenvalue weighted by Gasteiger charge is 2.08. The Balaban J connectivity index is 2.32. The second kappa shape index (κ2) is 5.71. The predicted molar refractivity (Wildman–Crippen MR) is 75.3 cm³/mol. The molecule has 19 heavy (non-hydrogen) atoms. The lowest BCUT2D eigenvalue weighted by Gasteiger charge is -2.08. The van der Waals surface area contributed by atoms with Gasteiger partial charge in [0.25, 0.3) is 0 Å². The van der Waals surface area contributed by atoms with Gasteiger partial charge in [-0.15, -0.1) is 0 Å². The molecule has 0 radical (unpaired) electrons. The van der Waals surface area contributed by atoms with Crippen LogP contribution < -0.4 is 4.74 Å². The van der Waals surface area contributed by atoms with Gasteiger partial charge in [-0.05, 0) is 46.3 Å². The Labute approximate surface area is 125 Å². The first-order chi connectivity index (χ1) is 8.95. The number of rotatable bonds is 3. The molecular formula is C13H7Br2FO3. The van der Waals surface area contributed by atoms with Gasteiger partial charge in [0.1, 0.15) is 17.3 Å². The second-order valence-electron chi connectivity index (χ2n) is 3.66. The molecule has 2 rings (SSSR count). The lowest BCUT2D eigenvalue weighted by molar-refractivity contribution is 0.0696. The highest BCUT2D eigenvalue weighted by molar-refractivity contribution is 9.10. The highest BCUT2D eigenvalue weighted by atomic mass is 79.9. The molecule has 3 nitrogen and oxygen atoms in total. The first-order valence-electron chi connectivity index (χ1n) is 5.12. The maximum absolute atomic E-state index is 13.3. The SMILES string of the molecule is O=C(O)c1cc(Br)cc(Oc2ccc(Br)c(F)c2)c1. The topological polar surface area (TPSA) is 46.5 Å². The van der Waals surface area contributed by atoms with Crippen LogP contribution in [0.5, 0.6) is 11.5 Å². The molecule has 6 heteroatoms. The monoisotopic (exact) mass is 388 g/mol. The van der Waals surface area contributed by atoms with Gasteiger partial charge in [-0.3, -0.25) is 0 Å². The van der Waals surface area contributed by atoms with E-state index >= 15 is 0 Å². The summed E-state index contributed by atoms with van der Waals surface area (Å²) in [5, 5.41) is 8.94. The molecule has 2 aromatic carbocycles. The van der Waals surface area contributed by atoms with Gasteiger partial charge >= 0.3 is 5.97 Å². The minimum absolute atomic E-state index is 0.0851. The van der Waals surface area contributed by atoms with Gasteiger partial charge in [-0.25, -0.2) is 9.18 Å². The highest BCUT2D eigenvalue weighted by Crippen LogP contribution is 2.28. The second-order valence-corrected chi connectivity index (χ2v) is 5.43. The molecule has 0 saturated heterocycles. The smallest absolute Gasteiger partial charge is 0.335 e. The van der Waals surface area contributed by atoms with E-state index in [1.807, 2.05) is 0 Å². The molecule has 0 heterocycles. The van der Waals surface area contributed by atoms with Crippen molar-refractivity contribution in [3.63, 3.8) is 0 Å². The number of carboxylic acids is 1. The van der Waals surface area contributed by atoms with E-state index in [2.05, 4.69) is 31.9 Å². The van der Waals surface area contributed by atoms with Gasteiger partial charge in [0.15, 0.2) is 0 Å². The summed E-state index contributed by atoms with van der Waals surface area (Å²) in [5.74, 6) is -0.914. The Bertz CT molecular complexity index is 644. The summed E-state index contributed by atoms with van der Waals surface area (Å²) in [5.41, 5.74) is 0.0851. The number of aromatic carboxylic acids is 1. The largest absolute Gasteiger partial charge is 0.478 e. The zero-order valence-electron chi connectivity index (χ0n) is 9.36. The van der Waals surface area contributed by atoms with Crippen molar-refractivity contribution in [1.29, 1.82) is 0 Å². The zero-order chi connectivity index (χ0) is 14.0. The van der Waals surface area contributed by atoms with Crippen LogP contribution in [0, 0.1) is 5.82 Å². The van der Waals surface area contributed by atoms with Crippen LogP contribution in [-0.4, -0.2) is 11.1 Å². The van der Waals surface area contributed by atoms with Crippen LogP contribution in [0.3, 0.4) is 0 Å². The molecule has 0 aromatic heterocycles. The molecule has 2 aromatic rings. The number of benzene rings is 2. The summed E-state index contributed by atoms with van der Waals surface area (Å²) in [6, 6.07) is 8.73. The Kier molecular flexibility index (Phi) is 4.21. The maximum atomic E-state index is 13.3. The van der Waals surface area contributed by atoms with Crippen molar-refractivity contribution < 1.29 is 19.0 Å². The standard InChI is InChI=1S/C13H7Br2FO3/c14-8-3-7(13(17)18)4-10(5-8)19-9-1-2-11(15)12(16)6-9/h1-6H,(H,17,18). The zero-order valence-corrected chi connectivity index (χ0v) is 12.5. The fraction of sp³-hybridized carbons (Fsp3) is 0. The van der Waals surface area contributed by atoms with Gasteiger partial charge in [-0.1, -0.05) is 15.9 Å². The quantitative estimate of drug-likeness (QED) is 0.816. The summed E-state index contributed by atoms with van der Waals surface area (Å²) >= 11 is 6.24. The summed E-state index contributed by atoms with van der Waals surface area (Å²) in [6.45, 7) is 0. The van der Waals surface area contributed by atoms with E-state index in [0.29, 0.717) is 14.7 Å². The molecule has 0 aliphatic heterocycles. The first-order valence-corrected chi connectivity index (χ1v) is 6.71. The molecule has 98 valence electrons. The van der Waals surface area contributed by atoms with Gasteiger partial charge in [0.2, 0.25) is 0 Å². The molecule has 0 saturated carbocycles. The fourth-order valence-electron chi connectivity index (χ4n) is 1.42. The third-order valence-electron chi connectivity index (χ3n) is 2.25. The average Bonchev–Trinajstić information content (AvgIpc) is 2.33. The van der Waals surface area contributed by atoms with Crippen LogP contribution in [0.2, 0.25) is 0 Å². The predicted octanol–water partition coefficient (Wildman–Crippen LogP) is 4.84. The number of halogens is 3. The van der Waals surface area contributed by atoms with Gasteiger partial charge < -0.3 is 9.84 Å². The van der Waals surface area contributed by atoms with E-state index in [1.165, 1.54) is 24.3 Å². The molecule has 0 bridgehead atoms. The molecule has 0 fully saturated rings. The fourth-order valence-corrected chi connectivity index (χ4v) is 2.14. The van der Waals surface area contributed by atoms with E-state index in [9.17, 15) is 9.18 Å². The van der Waals surface area contributed by atoms with Crippen molar-refractivity contribution in [3.05, 3.63) is 56.7 Å². The molecule has 1 N–H and O–H groups in total. The van der Waals surface area contributed by atoms with Crippen LogP contribution in [0.25, 0.3) is 0 Å². The minimum Gasteiger partial charge on any atom is -0.478 e. The van der Waals surface area contributed by atoms with Crippen molar-refractivity contribution in [2.45, 2.75) is 0 Å².